The number of hydrogen-bond acceptors (Lipinski definition) is 6. The van der Waals surface area contributed by atoms with E-state index in [1.54, 1.807) is 6.07 Å². The number of nitrogens with zero attached hydrogens (tertiary/aromatic N) is 4. The fourth-order valence-corrected chi connectivity index (χ4v) is 5.97. The monoisotopic (exact) mass is 394 g/mol. The van der Waals surface area contributed by atoms with Crippen molar-refractivity contribution < 1.29 is 5.11 Å². The first kappa shape index (κ1) is 17.7. The molecule has 5 nitrogen and oxygen atoms in total. The first-order valence-corrected chi connectivity index (χ1v) is 11.0. The van der Waals surface area contributed by atoms with E-state index in [1.165, 1.54) is 28.7 Å². The number of anilines is 2. The number of thiophene rings is 1. The highest BCUT2D eigenvalue weighted by atomic mass is 32.1. The van der Waals surface area contributed by atoms with Gasteiger partial charge in [0.25, 0.3) is 0 Å². The Morgan fingerprint density at radius 1 is 1.07 bits per heavy atom. The first-order valence-electron chi connectivity index (χ1n) is 10.2. The molecule has 0 saturated carbocycles. The normalized spacial score (nSPS) is 19.9. The fourth-order valence-electron chi connectivity index (χ4n) is 4.55. The summed E-state index contributed by atoms with van der Waals surface area (Å²) >= 11 is 1.87. The van der Waals surface area contributed by atoms with Gasteiger partial charge in [-0.05, 0) is 49.8 Å². The summed E-state index contributed by atoms with van der Waals surface area (Å²) in [5, 5.41) is 11.5. The van der Waals surface area contributed by atoms with Gasteiger partial charge in [0.15, 0.2) is 0 Å². The summed E-state index contributed by atoms with van der Waals surface area (Å²) in [4.78, 5) is 17.0. The van der Waals surface area contributed by atoms with E-state index in [2.05, 4.69) is 16.7 Å². The smallest absolute Gasteiger partial charge is 0.141 e. The Labute approximate surface area is 169 Å². The highest BCUT2D eigenvalue weighted by Gasteiger charge is 2.27. The van der Waals surface area contributed by atoms with Crippen LogP contribution in [0.15, 0.2) is 24.3 Å². The molecule has 1 N–H and O–H groups in total. The lowest BCUT2D eigenvalue weighted by atomic mass is 9.89. The maximum absolute atomic E-state index is 10.2. The molecule has 1 atom stereocenters. The lowest BCUT2D eigenvalue weighted by Gasteiger charge is -2.37. The Morgan fingerprint density at radius 3 is 2.61 bits per heavy atom. The molecule has 146 valence electrons. The van der Waals surface area contributed by atoms with Gasteiger partial charge in [-0.3, -0.25) is 0 Å². The molecular weight excluding hydrogens is 368 g/mol. The number of phenolic OH excluding ortho intramolecular Hbond substituents is 1. The maximum atomic E-state index is 10.2. The summed E-state index contributed by atoms with van der Waals surface area (Å²) in [5.41, 5.74) is 2.42. The number of hydrogen-bond donors (Lipinski definition) is 1. The van der Waals surface area contributed by atoms with Gasteiger partial charge in [0.1, 0.15) is 22.2 Å². The molecule has 5 rings (SSSR count). The van der Waals surface area contributed by atoms with Crippen molar-refractivity contribution in [3.05, 3.63) is 40.5 Å². The van der Waals surface area contributed by atoms with E-state index < -0.39 is 0 Å². The van der Waals surface area contributed by atoms with Crippen LogP contribution in [-0.2, 0) is 12.8 Å². The molecule has 1 aliphatic heterocycles. The molecule has 0 radical (unpaired) electrons. The lowest BCUT2D eigenvalue weighted by Crippen LogP contribution is -2.47. The molecule has 0 amide bonds. The van der Waals surface area contributed by atoms with Crippen LogP contribution in [0.1, 0.15) is 29.6 Å². The van der Waals surface area contributed by atoms with Crippen LogP contribution in [0.25, 0.3) is 10.2 Å². The maximum Gasteiger partial charge on any atom is 0.141 e. The van der Waals surface area contributed by atoms with Crippen LogP contribution in [0.2, 0.25) is 0 Å². The third-order valence-electron chi connectivity index (χ3n) is 6.05. The fraction of sp³-hybridized carbons (Fsp3) is 0.455. The zero-order chi connectivity index (χ0) is 19.3. The van der Waals surface area contributed by atoms with Crippen molar-refractivity contribution in [3.8, 4) is 5.75 Å². The summed E-state index contributed by atoms with van der Waals surface area (Å²) in [6.45, 7) is 7.92. The standard InChI is InChI=1S/C22H26N4OS/c1-14-7-8-16-19(13-14)28-22-20(16)21(23-15(2)24-22)26-11-9-25(10-12-26)17-5-3-4-6-18(17)27/h3-6,14,27H,7-13H2,1-2H3/t14-/m1/s1. The van der Waals surface area contributed by atoms with Crippen molar-refractivity contribution in [2.24, 2.45) is 5.92 Å². The molecule has 1 saturated heterocycles. The summed E-state index contributed by atoms with van der Waals surface area (Å²) in [6, 6.07) is 7.61. The van der Waals surface area contributed by atoms with E-state index in [-0.39, 0.29) is 0 Å². The molecule has 28 heavy (non-hydrogen) atoms. The summed E-state index contributed by atoms with van der Waals surface area (Å²) in [7, 11) is 0. The van der Waals surface area contributed by atoms with Crippen molar-refractivity contribution in [1.29, 1.82) is 0 Å². The van der Waals surface area contributed by atoms with Gasteiger partial charge in [-0.15, -0.1) is 11.3 Å². The summed E-state index contributed by atoms with van der Waals surface area (Å²) in [6.07, 6.45) is 3.58. The molecule has 2 aliphatic rings. The molecule has 3 aromatic rings. The second-order valence-corrected chi connectivity index (χ2v) is 9.17. The molecule has 6 heteroatoms. The molecule has 0 spiro atoms. The Bertz CT molecular complexity index is 1020. The average Bonchev–Trinajstić information content (AvgIpc) is 3.05. The van der Waals surface area contributed by atoms with Crippen LogP contribution >= 0.6 is 11.3 Å². The SMILES string of the molecule is Cc1nc(N2CCN(c3ccccc3O)CC2)c2c3c(sc2n1)C[C@H](C)CC3. The Balaban J connectivity index is 1.46. The number of rotatable bonds is 2. The van der Waals surface area contributed by atoms with E-state index in [1.807, 2.05) is 36.5 Å². The predicted molar refractivity (Wildman–Crippen MR) is 116 cm³/mol. The van der Waals surface area contributed by atoms with E-state index in [0.29, 0.717) is 5.75 Å². The number of aromatic nitrogens is 2. The van der Waals surface area contributed by atoms with Crippen molar-refractivity contribution in [2.75, 3.05) is 36.0 Å². The highest BCUT2D eigenvalue weighted by molar-refractivity contribution is 7.19. The highest BCUT2D eigenvalue weighted by Crippen LogP contribution is 2.41. The number of aryl methyl sites for hydroxylation is 2. The lowest BCUT2D eigenvalue weighted by molar-refractivity contribution is 0.472. The van der Waals surface area contributed by atoms with Crippen molar-refractivity contribution in [1.82, 2.24) is 9.97 Å². The molecular formula is C22H26N4OS. The molecule has 1 aromatic carbocycles. The summed E-state index contributed by atoms with van der Waals surface area (Å²) in [5.74, 6) is 3.10. The van der Waals surface area contributed by atoms with E-state index in [9.17, 15) is 5.11 Å². The minimum atomic E-state index is 0.359. The van der Waals surface area contributed by atoms with Crippen molar-refractivity contribution in [3.63, 3.8) is 0 Å². The number of aromatic hydroxyl groups is 1. The van der Waals surface area contributed by atoms with Gasteiger partial charge >= 0.3 is 0 Å². The number of phenols is 1. The molecule has 3 heterocycles. The van der Waals surface area contributed by atoms with Crippen LogP contribution in [0, 0.1) is 12.8 Å². The predicted octanol–water partition coefficient (Wildman–Crippen LogP) is 4.16. The average molecular weight is 395 g/mol. The van der Waals surface area contributed by atoms with E-state index in [4.69, 9.17) is 9.97 Å². The Kier molecular flexibility index (Phi) is 4.38. The summed E-state index contributed by atoms with van der Waals surface area (Å²) < 4.78 is 0. The van der Waals surface area contributed by atoms with Gasteiger partial charge in [0, 0.05) is 31.1 Å². The third kappa shape index (κ3) is 3.00. The number of benzene rings is 1. The number of para-hydroxylation sites is 2. The molecule has 0 unspecified atom stereocenters. The molecule has 0 bridgehead atoms. The van der Waals surface area contributed by atoms with Crippen LogP contribution in [0.5, 0.6) is 5.75 Å². The van der Waals surface area contributed by atoms with Gasteiger partial charge in [-0.2, -0.15) is 0 Å². The zero-order valence-electron chi connectivity index (χ0n) is 16.5. The quantitative estimate of drug-likeness (QED) is 0.707. The first-order chi connectivity index (χ1) is 13.6. The van der Waals surface area contributed by atoms with Crippen molar-refractivity contribution >= 4 is 33.1 Å². The molecule has 2 aromatic heterocycles. The van der Waals surface area contributed by atoms with E-state index in [0.717, 1.165) is 60.7 Å². The largest absolute Gasteiger partial charge is 0.506 e. The van der Waals surface area contributed by atoms with Crippen LogP contribution in [-0.4, -0.2) is 41.3 Å². The zero-order valence-corrected chi connectivity index (χ0v) is 17.3. The number of piperazine rings is 1. The van der Waals surface area contributed by atoms with Crippen LogP contribution in [0.3, 0.4) is 0 Å². The second-order valence-electron chi connectivity index (χ2n) is 8.09. The second kappa shape index (κ2) is 6.92. The topological polar surface area (TPSA) is 52.5 Å². The van der Waals surface area contributed by atoms with E-state index >= 15 is 0 Å². The van der Waals surface area contributed by atoms with Gasteiger partial charge in [0.2, 0.25) is 0 Å². The van der Waals surface area contributed by atoms with Crippen LogP contribution in [0.4, 0.5) is 11.5 Å². The Morgan fingerprint density at radius 2 is 1.82 bits per heavy atom. The number of fused-ring (bicyclic) bond motifs is 3. The van der Waals surface area contributed by atoms with Crippen molar-refractivity contribution in [2.45, 2.75) is 33.1 Å². The van der Waals surface area contributed by atoms with Gasteiger partial charge < -0.3 is 14.9 Å². The Hall–Kier alpha value is -2.34. The van der Waals surface area contributed by atoms with Gasteiger partial charge in [-0.1, -0.05) is 19.1 Å². The minimum Gasteiger partial charge on any atom is -0.506 e. The third-order valence-corrected chi connectivity index (χ3v) is 7.20. The molecule has 1 aliphatic carbocycles. The molecule has 1 fully saturated rings. The van der Waals surface area contributed by atoms with Gasteiger partial charge in [0.05, 0.1) is 11.1 Å². The minimum absolute atomic E-state index is 0.359. The van der Waals surface area contributed by atoms with Gasteiger partial charge in [-0.25, -0.2) is 9.97 Å². The van der Waals surface area contributed by atoms with Crippen LogP contribution < -0.4 is 9.80 Å².